The molecule has 4 rings (SSSR count). The van der Waals surface area contributed by atoms with Crippen molar-refractivity contribution in [3.8, 4) is 11.1 Å². The average molecular weight is 363 g/mol. The van der Waals surface area contributed by atoms with Crippen molar-refractivity contribution in [2.45, 2.75) is 12.5 Å². The fourth-order valence-corrected chi connectivity index (χ4v) is 4.06. The number of rotatable bonds is 5. The number of carbonyl (C=O) groups is 2. The number of likely N-dealkylation sites (tertiary alicyclic amines) is 1. The van der Waals surface area contributed by atoms with Gasteiger partial charge in [-0.25, -0.2) is 0 Å². The predicted molar refractivity (Wildman–Crippen MR) is 105 cm³/mol. The lowest BCUT2D eigenvalue weighted by Gasteiger charge is -2.20. The number of carbonyl (C=O) groups excluding carboxylic acids is 2. The average Bonchev–Trinajstić information content (AvgIpc) is 3.19. The van der Waals surface area contributed by atoms with Crippen molar-refractivity contribution < 1.29 is 9.59 Å². The minimum atomic E-state index is -0.278. The van der Waals surface area contributed by atoms with Gasteiger partial charge in [0.15, 0.2) is 0 Å². The second kappa shape index (κ2) is 7.16. The number of nitrogens with one attached hydrogen (secondary N) is 1. The van der Waals surface area contributed by atoms with E-state index in [9.17, 15) is 9.59 Å². The lowest BCUT2D eigenvalue weighted by atomic mass is 10.0. The minimum absolute atomic E-state index is 0.0350. The number of hydrogen-bond donors (Lipinski definition) is 1. The van der Waals surface area contributed by atoms with Gasteiger partial charge in [0.1, 0.15) is 0 Å². The summed E-state index contributed by atoms with van der Waals surface area (Å²) in [5.41, 5.74) is 4.60. The van der Waals surface area contributed by atoms with Crippen molar-refractivity contribution in [3.63, 3.8) is 0 Å². The molecule has 1 aliphatic heterocycles. The van der Waals surface area contributed by atoms with Crippen molar-refractivity contribution in [1.29, 1.82) is 0 Å². The Morgan fingerprint density at radius 2 is 1.67 bits per heavy atom. The van der Waals surface area contributed by atoms with Crippen LogP contribution in [-0.2, 0) is 9.59 Å². The minimum Gasteiger partial charge on any atom is -0.345 e. The SMILES string of the molecule is CN(C)CCN1C[C@@H](C(=O)NC2c3ccccc3-c3ccccc32)CC1=O. The summed E-state index contributed by atoms with van der Waals surface area (Å²) in [4.78, 5) is 29.1. The van der Waals surface area contributed by atoms with Crippen LogP contribution in [0.2, 0.25) is 0 Å². The van der Waals surface area contributed by atoms with Crippen molar-refractivity contribution in [1.82, 2.24) is 15.1 Å². The first-order valence-corrected chi connectivity index (χ1v) is 9.45. The maximum Gasteiger partial charge on any atom is 0.226 e. The molecule has 27 heavy (non-hydrogen) atoms. The Morgan fingerprint density at radius 3 is 2.26 bits per heavy atom. The molecule has 1 aliphatic carbocycles. The first-order chi connectivity index (χ1) is 13.0. The van der Waals surface area contributed by atoms with Gasteiger partial charge in [-0.2, -0.15) is 0 Å². The smallest absolute Gasteiger partial charge is 0.226 e. The van der Waals surface area contributed by atoms with E-state index in [-0.39, 0.29) is 23.8 Å². The van der Waals surface area contributed by atoms with Crippen LogP contribution in [0.15, 0.2) is 48.5 Å². The van der Waals surface area contributed by atoms with E-state index in [4.69, 9.17) is 0 Å². The van der Waals surface area contributed by atoms with E-state index in [2.05, 4.69) is 29.6 Å². The quantitative estimate of drug-likeness (QED) is 0.887. The van der Waals surface area contributed by atoms with Gasteiger partial charge in [-0.05, 0) is 36.3 Å². The fraction of sp³-hybridized carbons (Fsp3) is 0.364. The van der Waals surface area contributed by atoms with Crippen LogP contribution in [0.4, 0.5) is 0 Å². The molecule has 1 saturated heterocycles. The van der Waals surface area contributed by atoms with Crippen molar-refractivity contribution in [2.75, 3.05) is 33.7 Å². The molecule has 0 bridgehead atoms. The Balaban J connectivity index is 1.50. The number of fused-ring (bicyclic) bond motifs is 3. The monoisotopic (exact) mass is 363 g/mol. The van der Waals surface area contributed by atoms with Gasteiger partial charge in [0, 0.05) is 26.1 Å². The summed E-state index contributed by atoms with van der Waals surface area (Å²) >= 11 is 0. The van der Waals surface area contributed by atoms with Crippen molar-refractivity contribution in [2.24, 2.45) is 5.92 Å². The standard InChI is InChI=1S/C22H25N3O2/c1-24(2)11-12-25-14-15(13-20(25)26)22(27)23-21-18-9-5-3-7-16(18)17-8-4-6-10-19(17)21/h3-10,15,21H,11-14H2,1-2H3,(H,23,27)/t15-/m0/s1. The molecule has 1 heterocycles. The topological polar surface area (TPSA) is 52.6 Å². The van der Waals surface area contributed by atoms with Crippen LogP contribution in [0.3, 0.4) is 0 Å². The number of nitrogens with zero attached hydrogens (tertiary/aromatic N) is 2. The van der Waals surface area contributed by atoms with E-state index in [1.807, 2.05) is 43.3 Å². The molecule has 0 saturated carbocycles. The third-order valence-corrected chi connectivity index (χ3v) is 5.52. The maximum absolute atomic E-state index is 12.9. The highest BCUT2D eigenvalue weighted by Crippen LogP contribution is 2.43. The lowest BCUT2D eigenvalue weighted by molar-refractivity contribution is -0.129. The van der Waals surface area contributed by atoms with Crippen LogP contribution in [-0.4, -0.2) is 55.3 Å². The maximum atomic E-state index is 12.9. The molecular formula is C22H25N3O2. The van der Waals surface area contributed by atoms with Crippen molar-refractivity contribution >= 4 is 11.8 Å². The Kier molecular flexibility index (Phi) is 4.70. The van der Waals surface area contributed by atoms with Gasteiger partial charge in [0.25, 0.3) is 0 Å². The first-order valence-electron chi connectivity index (χ1n) is 9.45. The van der Waals surface area contributed by atoms with E-state index < -0.39 is 0 Å². The molecule has 2 aliphatic rings. The Bertz CT molecular complexity index is 832. The van der Waals surface area contributed by atoms with E-state index in [1.165, 1.54) is 11.1 Å². The number of likely N-dealkylation sites (N-methyl/N-ethyl adjacent to an activating group) is 1. The summed E-state index contributed by atoms with van der Waals surface area (Å²) in [6.07, 6.45) is 0.301. The normalized spacial score (nSPS) is 18.7. The molecular weight excluding hydrogens is 338 g/mol. The molecule has 2 aromatic carbocycles. The third kappa shape index (κ3) is 3.35. The van der Waals surface area contributed by atoms with Gasteiger partial charge < -0.3 is 15.1 Å². The molecule has 0 spiro atoms. The highest BCUT2D eigenvalue weighted by atomic mass is 16.2. The molecule has 2 aromatic rings. The van der Waals surface area contributed by atoms with Gasteiger partial charge in [0.2, 0.25) is 11.8 Å². The zero-order valence-corrected chi connectivity index (χ0v) is 15.8. The Hall–Kier alpha value is -2.66. The number of benzene rings is 2. The molecule has 0 radical (unpaired) electrons. The molecule has 5 heteroatoms. The van der Waals surface area contributed by atoms with E-state index in [0.29, 0.717) is 19.5 Å². The molecule has 2 amide bonds. The molecule has 5 nitrogen and oxygen atoms in total. The van der Waals surface area contributed by atoms with Crippen LogP contribution in [0.1, 0.15) is 23.6 Å². The summed E-state index contributed by atoms with van der Waals surface area (Å²) in [7, 11) is 3.97. The Morgan fingerprint density at radius 1 is 1.07 bits per heavy atom. The zero-order chi connectivity index (χ0) is 19.0. The molecule has 0 aromatic heterocycles. The van der Waals surface area contributed by atoms with Gasteiger partial charge in [-0.1, -0.05) is 48.5 Å². The highest BCUT2D eigenvalue weighted by molar-refractivity contribution is 5.90. The molecule has 140 valence electrons. The van der Waals surface area contributed by atoms with Crippen LogP contribution in [0.25, 0.3) is 11.1 Å². The van der Waals surface area contributed by atoms with E-state index in [1.54, 1.807) is 4.90 Å². The van der Waals surface area contributed by atoms with E-state index >= 15 is 0 Å². The molecule has 1 atom stereocenters. The summed E-state index contributed by atoms with van der Waals surface area (Å²) < 4.78 is 0. The van der Waals surface area contributed by atoms with Crippen LogP contribution >= 0.6 is 0 Å². The van der Waals surface area contributed by atoms with E-state index in [0.717, 1.165) is 17.7 Å². The van der Waals surface area contributed by atoms with Crippen molar-refractivity contribution in [3.05, 3.63) is 59.7 Å². The van der Waals surface area contributed by atoms with Crippen LogP contribution in [0, 0.1) is 5.92 Å². The van der Waals surface area contributed by atoms with Crippen LogP contribution in [0.5, 0.6) is 0 Å². The second-order valence-corrected chi connectivity index (χ2v) is 7.66. The number of hydrogen-bond acceptors (Lipinski definition) is 3. The van der Waals surface area contributed by atoms with Gasteiger partial charge >= 0.3 is 0 Å². The first kappa shape index (κ1) is 17.7. The third-order valence-electron chi connectivity index (χ3n) is 5.52. The predicted octanol–water partition coefficient (Wildman–Crippen LogP) is 2.28. The zero-order valence-electron chi connectivity index (χ0n) is 15.8. The summed E-state index contributed by atoms with van der Waals surface area (Å²) in [6, 6.07) is 16.3. The summed E-state index contributed by atoms with van der Waals surface area (Å²) in [6.45, 7) is 1.99. The fourth-order valence-electron chi connectivity index (χ4n) is 4.06. The highest BCUT2D eigenvalue weighted by Gasteiger charge is 2.37. The second-order valence-electron chi connectivity index (χ2n) is 7.66. The van der Waals surface area contributed by atoms with Gasteiger partial charge in [-0.3, -0.25) is 9.59 Å². The summed E-state index contributed by atoms with van der Waals surface area (Å²) in [5, 5.41) is 3.21. The molecule has 0 unspecified atom stereocenters. The largest absolute Gasteiger partial charge is 0.345 e. The lowest BCUT2D eigenvalue weighted by Crippen LogP contribution is -2.36. The number of amides is 2. The van der Waals surface area contributed by atoms with Gasteiger partial charge in [0.05, 0.1) is 12.0 Å². The molecule has 1 fully saturated rings. The summed E-state index contributed by atoms with van der Waals surface area (Å²) in [5.74, 6) is -0.240. The Labute approximate surface area is 160 Å². The van der Waals surface area contributed by atoms with Crippen LogP contribution < -0.4 is 5.32 Å². The molecule has 1 N–H and O–H groups in total. The van der Waals surface area contributed by atoms with Gasteiger partial charge in [-0.15, -0.1) is 0 Å².